The molecule has 124 valence electrons. The molecule has 1 aromatic rings. The monoisotopic (exact) mass is 308 g/mol. The summed E-state index contributed by atoms with van der Waals surface area (Å²) < 4.78 is 26.3. The molecule has 1 aromatic carbocycles. The van der Waals surface area contributed by atoms with Gasteiger partial charge >= 0.3 is 0 Å². The Morgan fingerprint density at radius 2 is 1.77 bits per heavy atom. The number of hydrogen-bond donors (Lipinski definition) is 0. The van der Waals surface area contributed by atoms with Crippen molar-refractivity contribution in [2.45, 2.75) is 60.3 Å². The molecule has 0 aromatic heterocycles. The fourth-order valence-electron chi connectivity index (χ4n) is 2.40. The summed E-state index contributed by atoms with van der Waals surface area (Å²) in [6.45, 7) is 14.9. The molecule has 0 aliphatic heterocycles. The van der Waals surface area contributed by atoms with Crippen molar-refractivity contribution in [3.8, 4) is 11.5 Å². The maximum absolute atomic E-state index is 15.2. The first-order valence-corrected chi connectivity index (χ1v) is 8.09. The van der Waals surface area contributed by atoms with Gasteiger partial charge in [0.25, 0.3) is 0 Å². The second-order valence-corrected chi connectivity index (χ2v) is 6.02. The lowest BCUT2D eigenvalue weighted by molar-refractivity contribution is 0.274. The number of halogens is 1. The largest absolute Gasteiger partial charge is 0.490 e. The molecule has 0 aliphatic carbocycles. The number of hydrogen-bond acceptors (Lipinski definition) is 2. The van der Waals surface area contributed by atoms with Crippen LogP contribution in [-0.2, 0) is 5.41 Å². The van der Waals surface area contributed by atoms with Gasteiger partial charge in [-0.2, -0.15) is 0 Å². The minimum Gasteiger partial charge on any atom is -0.490 e. The molecule has 0 atom stereocenters. The first kappa shape index (κ1) is 18.5. The smallest absolute Gasteiger partial charge is 0.197 e. The minimum atomic E-state index is -0.320. The summed E-state index contributed by atoms with van der Waals surface area (Å²) >= 11 is 0. The first-order valence-electron chi connectivity index (χ1n) is 8.09. The molecule has 0 amide bonds. The molecule has 0 fully saturated rings. The summed E-state index contributed by atoms with van der Waals surface area (Å²) in [4.78, 5) is 0. The average molecular weight is 308 g/mol. The van der Waals surface area contributed by atoms with Gasteiger partial charge in [-0.1, -0.05) is 26.8 Å². The van der Waals surface area contributed by atoms with E-state index in [2.05, 4.69) is 20.8 Å². The van der Waals surface area contributed by atoms with Crippen molar-refractivity contribution in [3.05, 3.63) is 29.1 Å². The number of allylic oxidation sites excluding steroid dienone is 2. The molecule has 0 saturated heterocycles. The summed E-state index contributed by atoms with van der Waals surface area (Å²) in [6, 6.07) is 1.95. The zero-order chi connectivity index (χ0) is 16.9. The lowest BCUT2D eigenvalue weighted by atomic mass is 9.77. The van der Waals surface area contributed by atoms with Crippen molar-refractivity contribution in [1.29, 1.82) is 0 Å². The van der Waals surface area contributed by atoms with Crippen molar-refractivity contribution >= 4 is 5.57 Å². The molecule has 0 aliphatic rings. The molecule has 0 radical (unpaired) electrons. The fourth-order valence-corrected chi connectivity index (χ4v) is 2.40. The Hall–Kier alpha value is -1.51. The highest BCUT2D eigenvalue weighted by molar-refractivity contribution is 5.71. The van der Waals surface area contributed by atoms with Crippen LogP contribution in [0.5, 0.6) is 11.5 Å². The van der Waals surface area contributed by atoms with E-state index in [-0.39, 0.29) is 17.0 Å². The highest BCUT2D eigenvalue weighted by atomic mass is 19.1. The van der Waals surface area contributed by atoms with Crippen LogP contribution in [0, 0.1) is 5.82 Å². The van der Waals surface area contributed by atoms with Crippen molar-refractivity contribution in [2.75, 3.05) is 13.2 Å². The van der Waals surface area contributed by atoms with Crippen LogP contribution < -0.4 is 9.47 Å². The summed E-state index contributed by atoms with van der Waals surface area (Å²) in [7, 11) is 0. The molecule has 2 nitrogen and oxygen atoms in total. The molecule has 0 saturated carbocycles. The molecular formula is C19H29FO2. The quantitative estimate of drug-likeness (QED) is 0.640. The highest BCUT2D eigenvalue weighted by Gasteiger charge is 2.29. The fraction of sp³-hybridized carbons (Fsp3) is 0.579. The van der Waals surface area contributed by atoms with Crippen molar-refractivity contribution in [3.63, 3.8) is 0 Å². The summed E-state index contributed by atoms with van der Waals surface area (Å²) in [5, 5.41) is 0. The topological polar surface area (TPSA) is 18.5 Å². The third-order valence-electron chi connectivity index (χ3n) is 4.22. The van der Waals surface area contributed by atoms with Crippen LogP contribution in [0.15, 0.2) is 12.1 Å². The van der Waals surface area contributed by atoms with E-state index >= 15 is 4.39 Å². The second-order valence-electron chi connectivity index (χ2n) is 6.02. The Morgan fingerprint density at radius 1 is 1.18 bits per heavy atom. The van der Waals surface area contributed by atoms with Crippen LogP contribution in [0.4, 0.5) is 4.39 Å². The summed E-state index contributed by atoms with van der Waals surface area (Å²) in [6.07, 6.45) is 2.85. The third kappa shape index (κ3) is 3.63. The van der Waals surface area contributed by atoms with Crippen LogP contribution in [0.2, 0.25) is 0 Å². The maximum Gasteiger partial charge on any atom is 0.197 e. The van der Waals surface area contributed by atoms with E-state index in [0.29, 0.717) is 24.5 Å². The van der Waals surface area contributed by atoms with E-state index in [4.69, 9.17) is 9.47 Å². The number of rotatable bonds is 7. The maximum atomic E-state index is 15.2. The highest BCUT2D eigenvalue weighted by Crippen LogP contribution is 2.43. The first-order chi connectivity index (χ1) is 10.3. The molecule has 0 N–H and O–H groups in total. The second kappa shape index (κ2) is 7.66. The van der Waals surface area contributed by atoms with E-state index in [0.717, 1.165) is 17.6 Å². The SMILES string of the molecule is CC=C(C)c1c(C(C)(C)CC)cc(OCC)c(OCC)c1F. The number of ether oxygens (including phenoxy) is 2. The Labute approximate surface area is 134 Å². The summed E-state index contributed by atoms with van der Waals surface area (Å²) in [5.41, 5.74) is 2.38. The zero-order valence-corrected chi connectivity index (χ0v) is 15.0. The van der Waals surface area contributed by atoms with Crippen molar-refractivity contribution < 1.29 is 13.9 Å². The van der Waals surface area contributed by atoms with Gasteiger partial charge in [0.15, 0.2) is 17.3 Å². The van der Waals surface area contributed by atoms with Gasteiger partial charge in [0.2, 0.25) is 0 Å². The van der Waals surface area contributed by atoms with Crippen LogP contribution in [0.25, 0.3) is 5.57 Å². The standard InChI is InChI=1S/C19H29FO2/c1-8-13(5)16-14(19(6,7)9-2)12-15(21-10-3)18(17(16)20)22-11-4/h8,12H,9-11H2,1-7H3. The summed E-state index contributed by atoms with van der Waals surface area (Å²) in [5.74, 6) is 0.391. The molecule has 0 unspecified atom stereocenters. The van der Waals surface area contributed by atoms with Crippen LogP contribution in [0.3, 0.4) is 0 Å². The van der Waals surface area contributed by atoms with Gasteiger partial charge in [-0.05, 0) is 56.7 Å². The van der Waals surface area contributed by atoms with Gasteiger partial charge in [-0.3, -0.25) is 0 Å². The molecule has 22 heavy (non-hydrogen) atoms. The normalized spacial score (nSPS) is 12.5. The van der Waals surface area contributed by atoms with Gasteiger partial charge in [0.05, 0.1) is 13.2 Å². The molecule has 0 bridgehead atoms. The number of benzene rings is 1. The van der Waals surface area contributed by atoms with E-state index in [1.165, 1.54) is 0 Å². The zero-order valence-electron chi connectivity index (χ0n) is 15.0. The van der Waals surface area contributed by atoms with Crippen LogP contribution in [0.1, 0.15) is 66.0 Å². The van der Waals surface area contributed by atoms with Crippen molar-refractivity contribution in [2.24, 2.45) is 0 Å². The molecule has 1 rings (SSSR count). The Kier molecular flexibility index (Phi) is 6.46. The lowest BCUT2D eigenvalue weighted by Crippen LogP contribution is -2.19. The van der Waals surface area contributed by atoms with E-state index < -0.39 is 0 Å². The molecule has 0 spiro atoms. The molecular weight excluding hydrogens is 279 g/mol. The predicted octanol–water partition coefficient (Wildman–Crippen LogP) is 5.73. The Bertz CT molecular complexity index is 545. The minimum absolute atomic E-state index is 0.142. The van der Waals surface area contributed by atoms with E-state index in [9.17, 15) is 0 Å². The molecule has 3 heteroatoms. The van der Waals surface area contributed by atoms with Crippen LogP contribution >= 0.6 is 0 Å². The van der Waals surface area contributed by atoms with Gasteiger partial charge < -0.3 is 9.47 Å². The van der Waals surface area contributed by atoms with Crippen LogP contribution in [-0.4, -0.2) is 13.2 Å². The van der Waals surface area contributed by atoms with E-state index in [1.807, 2.05) is 39.8 Å². The van der Waals surface area contributed by atoms with Crippen molar-refractivity contribution in [1.82, 2.24) is 0 Å². The van der Waals surface area contributed by atoms with Gasteiger partial charge in [-0.25, -0.2) is 4.39 Å². The molecule has 0 heterocycles. The predicted molar refractivity (Wildman–Crippen MR) is 91.4 cm³/mol. The van der Waals surface area contributed by atoms with Gasteiger partial charge in [-0.15, -0.1) is 0 Å². The lowest BCUT2D eigenvalue weighted by Gasteiger charge is -2.29. The average Bonchev–Trinajstić information content (AvgIpc) is 2.49. The Balaban J connectivity index is 3.74. The van der Waals surface area contributed by atoms with Gasteiger partial charge in [0.1, 0.15) is 0 Å². The third-order valence-corrected chi connectivity index (χ3v) is 4.22. The Morgan fingerprint density at radius 3 is 2.23 bits per heavy atom. The van der Waals surface area contributed by atoms with E-state index in [1.54, 1.807) is 0 Å². The van der Waals surface area contributed by atoms with Gasteiger partial charge in [0, 0.05) is 5.56 Å².